The summed E-state index contributed by atoms with van der Waals surface area (Å²) in [5.74, 6) is 0. The lowest BCUT2D eigenvalue weighted by Gasteiger charge is -2.43. The molecule has 0 aromatic rings. The van der Waals surface area contributed by atoms with Gasteiger partial charge in [-0.2, -0.15) is 0 Å². The van der Waals surface area contributed by atoms with E-state index in [2.05, 4.69) is 31.1 Å². The van der Waals surface area contributed by atoms with Crippen molar-refractivity contribution in [3.05, 3.63) is 0 Å². The first-order valence-electron chi connectivity index (χ1n) is 7.08. The Labute approximate surface area is 101 Å². The van der Waals surface area contributed by atoms with Crippen LogP contribution in [0.4, 0.5) is 0 Å². The van der Waals surface area contributed by atoms with Gasteiger partial charge in [0.15, 0.2) is 0 Å². The summed E-state index contributed by atoms with van der Waals surface area (Å²) in [5.41, 5.74) is 0.763. The van der Waals surface area contributed by atoms with Gasteiger partial charge in [-0.1, -0.05) is 12.8 Å². The fourth-order valence-corrected chi connectivity index (χ4v) is 3.59. The van der Waals surface area contributed by atoms with Crippen LogP contribution in [0.5, 0.6) is 0 Å². The molecule has 94 valence electrons. The van der Waals surface area contributed by atoms with Gasteiger partial charge in [-0.3, -0.25) is 4.90 Å². The summed E-state index contributed by atoms with van der Waals surface area (Å²) in [6.07, 6.45) is 8.90. The predicted molar refractivity (Wildman–Crippen MR) is 69.7 cm³/mol. The van der Waals surface area contributed by atoms with Crippen molar-refractivity contribution in [3.63, 3.8) is 0 Å². The Kier molecular flexibility index (Phi) is 3.91. The van der Waals surface area contributed by atoms with E-state index < -0.39 is 0 Å². The Balaban J connectivity index is 1.84. The van der Waals surface area contributed by atoms with E-state index in [1.165, 1.54) is 51.6 Å². The molecular weight excluding hydrogens is 196 g/mol. The van der Waals surface area contributed by atoms with E-state index >= 15 is 0 Å². The maximum absolute atomic E-state index is 3.38. The van der Waals surface area contributed by atoms with E-state index in [-0.39, 0.29) is 0 Å². The molecule has 0 aromatic carbocycles. The normalized spacial score (nSPS) is 29.4. The second-order valence-corrected chi connectivity index (χ2v) is 6.06. The lowest BCUT2D eigenvalue weighted by atomic mass is 9.76. The Hall–Kier alpha value is -0.0800. The Morgan fingerprint density at radius 1 is 1.00 bits per heavy atom. The van der Waals surface area contributed by atoms with Gasteiger partial charge >= 0.3 is 0 Å². The second-order valence-electron chi connectivity index (χ2n) is 6.06. The van der Waals surface area contributed by atoms with Crippen molar-refractivity contribution in [3.8, 4) is 0 Å². The lowest BCUT2D eigenvalue weighted by molar-refractivity contribution is 0.0708. The van der Waals surface area contributed by atoms with Crippen LogP contribution in [0.15, 0.2) is 0 Å². The van der Waals surface area contributed by atoms with E-state index in [0.717, 1.165) is 5.41 Å². The third-order valence-corrected chi connectivity index (χ3v) is 5.28. The Bertz CT molecular complexity index is 211. The summed E-state index contributed by atoms with van der Waals surface area (Å²) in [4.78, 5) is 2.69. The molecule has 1 aliphatic carbocycles. The third-order valence-electron chi connectivity index (χ3n) is 5.28. The minimum absolute atomic E-state index is 0.609. The molecule has 1 saturated carbocycles. The summed E-state index contributed by atoms with van der Waals surface area (Å²) in [7, 11) is 2.07. The minimum atomic E-state index is 0.609. The molecule has 2 unspecified atom stereocenters. The van der Waals surface area contributed by atoms with Crippen molar-refractivity contribution in [2.45, 2.75) is 64.5 Å². The number of likely N-dealkylation sites (tertiary alicyclic amines) is 1. The largest absolute Gasteiger partial charge is 0.316 e. The first-order chi connectivity index (χ1) is 7.67. The molecule has 0 aromatic heterocycles. The van der Waals surface area contributed by atoms with Crippen LogP contribution in [-0.4, -0.2) is 37.1 Å². The van der Waals surface area contributed by atoms with Crippen molar-refractivity contribution in [2.75, 3.05) is 20.1 Å². The molecule has 2 atom stereocenters. The fourth-order valence-electron chi connectivity index (χ4n) is 3.59. The summed E-state index contributed by atoms with van der Waals surface area (Å²) < 4.78 is 0. The average Bonchev–Trinajstić information content (AvgIpc) is 2.77. The van der Waals surface area contributed by atoms with Gasteiger partial charge in [0.25, 0.3) is 0 Å². The second kappa shape index (κ2) is 5.05. The lowest BCUT2D eigenvalue weighted by Crippen LogP contribution is -2.50. The van der Waals surface area contributed by atoms with E-state index in [4.69, 9.17) is 0 Å². The summed E-state index contributed by atoms with van der Waals surface area (Å²) in [6.45, 7) is 7.32. The smallest absolute Gasteiger partial charge is 0.0218 e. The van der Waals surface area contributed by atoms with E-state index in [9.17, 15) is 0 Å². The van der Waals surface area contributed by atoms with Crippen LogP contribution < -0.4 is 5.32 Å². The van der Waals surface area contributed by atoms with Crippen LogP contribution in [0.25, 0.3) is 0 Å². The highest BCUT2D eigenvalue weighted by Crippen LogP contribution is 2.46. The number of likely N-dealkylation sites (N-methyl/N-ethyl adjacent to an activating group) is 1. The molecule has 2 heteroatoms. The highest BCUT2D eigenvalue weighted by atomic mass is 15.2. The van der Waals surface area contributed by atoms with Crippen LogP contribution in [0.1, 0.15) is 52.4 Å². The molecule has 2 fully saturated rings. The number of hydrogen-bond acceptors (Lipinski definition) is 2. The molecule has 16 heavy (non-hydrogen) atoms. The van der Waals surface area contributed by atoms with Crippen molar-refractivity contribution < 1.29 is 0 Å². The molecule has 1 heterocycles. The summed E-state index contributed by atoms with van der Waals surface area (Å²) in [6, 6.07) is 1.29. The number of piperidine rings is 1. The average molecular weight is 224 g/mol. The zero-order valence-electron chi connectivity index (χ0n) is 11.3. The number of nitrogens with zero attached hydrogens (tertiary/aromatic N) is 1. The van der Waals surface area contributed by atoms with Crippen LogP contribution >= 0.6 is 0 Å². The highest BCUT2D eigenvalue weighted by Gasteiger charge is 2.38. The van der Waals surface area contributed by atoms with Crippen molar-refractivity contribution >= 4 is 0 Å². The number of rotatable bonds is 3. The number of hydrogen-bond donors (Lipinski definition) is 1. The van der Waals surface area contributed by atoms with E-state index in [0.29, 0.717) is 12.1 Å². The standard InChI is InChI=1S/C14H28N2/c1-12(15-3)13(2)16-10-8-14(9-11-16)6-4-5-7-14/h12-13,15H,4-11H2,1-3H3. The fraction of sp³-hybridized carbons (Fsp3) is 1.00. The Morgan fingerprint density at radius 2 is 1.56 bits per heavy atom. The molecule has 2 nitrogen and oxygen atoms in total. The Morgan fingerprint density at radius 3 is 2.06 bits per heavy atom. The highest BCUT2D eigenvalue weighted by molar-refractivity contribution is 4.91. The molecule has 0 radical (unpaired) electrons. The topological polar surface area (TPSA) is 15.3 Å². The molecule has 1 N–H and O–H groups in total. The van der Waals surface area contributed by atoms with Crippen LogP contribution in [0.3, 0.4) is 0 Å². The quantitative estimate of drug-likeness (QED) is 0.793. The SMILES string of the molecule is CNC(C)C(C)N1CCC2(CCCC2)CC1. The van der Waals surface area contributed by atoms with Gasteiger partial charge in [0, 0.05) is 12.1 Å². The maximum atomic E-state index is 3.38. The van der Waals surface area contributed by atoms with Crippen LogP contribution in [0, 0.1) is 5.41 Å². The van der Waals surface area contributed by atoms with E-state index in [1.807, 2.05) is 0 Å². The first-order valence-corrected chi connectivity index (χ1v) is 7.08. The zero-order valence-corrected chi connectivity index (χ0v) is 11.3. The molecule has 1 spiro atoms. The van der Waals surface area contributed by atoms with Gasteiger partial charge in [0.1, 0.15) is 0 Å². The maximum Gasteiger partial charge on any atom is 0.0218 e. The summed E-state index contributed by atoms with van der Waals surface area (Å²) in [5, 5.41) is 3.38. The van der Waals surface area contributed by atoms with Crippen LogP contribution in [0.2, 0.25) is 0 Å². The monoisotopic (exact) mass is 224 g/mol. The zero-order chi connectivity index (χ0) is 11.6. The van der Waals surface area contributed by atoms with Gasteiger partial charge in [-0.05, 0) is 65.1 Å². The summed E-state index contributed by atoms with van der Waals surface area (Å²) >= 11 is 0. The first kappa shape index (κ1) is 12.4. The van der Waals surface area contributed by atoms with Gasteiger partial charge in [0.05, 0.1) is 0 Å². The van der Waals surface area contributed by atoms with E-state index in [1.54, 1.807) is 0 Å². The molecule has 1 aliphatic heterocycles. The number of nitrogens with one attached hydrogen (secondary N) is 1. The van der Waals surface area contributed by atoms with Gasteiger partial charge in [0.2, 0.25) is 0 Å². The third kappa shape index (κ3) is 2.43. The molecule has 2 aliphatic rings. The van der Waals surface area contributed by atoms with Gasteiger partial charge in [-0.25, -0.2) is 0 Å². The van der Waals surface area contributed by atoms with Crippen molar-refractivity contribution in [1.82, 2.24) is 10.2 Å². The van der Waals surface area contributed by atoms with Crippen LogP contribution in [-0.2, 0) is 0 Å². The minimum Gasteiger partial charge on any atom is -0.316 e. The van der Waals surface area contributed by atoms with Crippen molar-refractivity contribution in [2.24, 2.45) is 5.41 Å². The molecule has 0 bridgehead atoms. The van der Waals surface area contributed by atoms with Gasteiger partial charge in [-0.15, -0.1) is 0 Å². The van der Waals surface area contributed by atoms with Crippen molar-refractivity contribution in [1.29, 1.82) is 0 Å². The molecule has 1 saturated heterocycles. The molecule has 2 rings (SSSR count). The molecular formula is C14H28N2. The molecule has 0 amide bonds. The predicted octanol–water partition coefficient (Wildman–Crippen LogP) is 2.64. The van der Waals surface area contributed by atoms with Gasteiger partial charge < -0.3 is 5.32 Å².